The van der Waals surface area contributed by atoms with Crippen LogP contribution in [0, 0.1) is 0 Å². The Labute approximate surface area is 55.3 Å². The van der Waals surface area contributed by atoms with E-state index in [2.05, 4.69) is 25.2 Å². The van der Waals surface area contributed by atoms with Crippen LogP contribution in [0.5, 0.6) is 0 Å². The van der Waals surface area contributed by atoms with Crippen LogP contribution >= 0.6 is 0 Å². The van der Waals surface area contributed by atoms with Gasteiger partial charge in [0.05, 0.1) is 0 Å². The molecule has 0 aliphatic rings. The molecule has 0 heterocycles. The van der Waals surface area contributed by atoms with Crippen molar-refractivity contribution in [3.05, 3.63) is 0 Å². The molecule has 1 nitrogen and oxygen atoms in total. The predicted octanol–water partition coefficient (Wildman–Crippen LogP) is 1.08. The number of nitrogens with two attached hydrogens (primary N) is 1. The Morgan fingerprint density at radius 1 is 1.71 bits per heavy atom. The van der Waals surface area contributed by atoms with E-state index in [1.165, 1.54) is 6.42 Å². The fraction of sp³-hybridized carbons (Fsp3) is 1.00. The predicted molar refractivity (Wildman–Crippen MR) is 27.7 cm³/mol. The van der Waals surface area contributed by atoms with E-state index < -0.39 is 0 Å². The van der Waals surface area contributed by atoms with Crippen molar-refractivity contribution in [2.75, 3.05) is 0 Å². The second-order valence-electron chi connectivity index (χ2n) is 1.69. The van der Waals surface area contributed by atoms with Gasteiger partial charge in [-0.2, -0.15) is 0 Å². The summed E-state index contributed by atoms with van der Waals surface area (Å²) in [5, 5.41) is 1.05. The van der Waals surface area contributed by atoms with Crippen molar-refractivity contribution in [2.24, 2.45) is 5.73 Å². The van der Waals surface area contributed by atoms with Crippen LogP contribution in [0.3, 0.4) is 0 Å². The van der Waals surface area contributed by atoms with Crippen molar-refractivity contribution in [1.82, 2.24) is 0 Å². The summed E-state index contributed by atoms with van der Waals surface area (Å²) in [5.41, 5.74) is 5.57. The molecule has 0 radical (unpaired) electrons. The first-order valence-corrected chi connectivity index (χ1v) is 3.84. The zero-order valence-electron chi connectivity index (χ0n) is 4.63. The quantitative estimate of drug-likeness (QED) is 0.657. The van der Waals surface area contributed by atoms with Crippen LogP contribution in [-0.2, 0) is 18.3 Å². The molecule has 0 aromatic heterocycles. The minimum atomic E-state index is 0.418. The number of rotatable bonds is 3. The van der Waals surface area contributed by atoms with E-state index >= 15 is 0 Å². The average Bonchev–Trinajstić information content (AvgIpc) is 1.68. The molecule has 2 N–H and O–H groups in total. The molecule has 0 aromatic carbocycles. The maximum absolute atomic E-state index is 5.57. The molecule has 0 saturated heterocycles. The van der Waals surface area contributed by atoms with Crippen molar-refractivity contribution < 1.29 is 18.3 Å². The van der Waals surface area contributed by atoms with E-state index in [1.54, 1.807) is 0 Å². The van der Waals surface area contributed by atoms with Gasteiger partial charge in [-0.05, 0) is 0 Å². The molecular formula is C5H12NRu. The van der Waals surface area contributed by atoms with Crippen LogP contribution in [0.1, 0.15) is 19.8 Å². The van der Waals surface area contributed by atoms with E-state index in [4.69, 9.17) is 5.73 Å². The Kier molecular flexibility index (Phi) is 5.13. The molecule has 0 saturated carbocycles. The molecular weight excluding hydrogens is 175 g/mol. The summed E-state index contributed by atoms with van der Waals surface area (Å²) in [6.45, 7) is 2.15. The molecule has 0 spiro atoms. The van der Waals surface area contributed by atoms with Gasteiger partial charge in [-0.3, -0.25) is 0 Å². The van der Waals surface area contributed by atoms with Gasteiger partial charge < -0.3 is 0 Å². The Balaban J connectivity index is 2.83. The zero-order chi connectivity index (χ0) is 5.70. The third kappa shape index (κ3) is 4.44. The molecule has 0 aliphatic carbocycles. The van der Waals surface area contributed by atoms with E-state index in [0.29, 0.717) is 6.04 Å². The van der Waals surface area contributed by atoms with Crippen molar-refractivity contribution >= 4 is 0 Å². The molecule has 0 fully saturated rings. The van der Waals surface area contributed by atoms with Gasteiger partial charge >= 0.3 is 54.9 Å². The molecule has 7 heavy (non-hydrogen) atoms. The summed E-state index contributed by atoms with van der Waals surface area (Å²) in [6, 6.07) is 0.418. The normalized spacial score (nSPS) is 14.1. The molecule has 0 rings (SSSR count). The van der Waals surface area contributed by atoms with Crippen LogP contribution in [0.15, 0.2) is 0 Å². The second kappa shape index (κ2) is 4.74. The van der Waals surface area contributed by atoms with Crippen LogP contribution < -0.4 is 5.73 Å². The first-order valence-electron chi connectivity index (χ1n) is 2.61. The van der Waals surface area contributed by atoms with Gasteiger partial charge in [-0.1, -0.05) is 0 Å². The molecule has 2 heteroatoms. The molecule has 0 amide bonds. The third-order valence-corrected chi connectivity index (χ3v) is 1.76. The SMILES string of the molecule is CCCC(N)[CH2][Ru]. The molecule has 0 aliphatic heterocycles. The van der Waals surface area contributed by atoms with Crippen molar-refractivity contribution in [3.8, 4) is 0 Å². The Bertz CT molecular complexity index is 39.1. The average molecular weight is 187 g/mol. The zero-order valence-corrected chi connectivity index (χ0v) is 6.37. The van der Waals surface area contributed by atoms with E-state index in [9.17, 15) is 0 Å². The first kappa shape index (κ1) is 7.58. The minimum absolute atomic E-state index is 0.418. The molecule has 0 aromatic rings. The summed E-state index contributed by atoms with van der Waals surface area (Å²) in [5.74, 6) is 0. The second-order valence-corrected chi connectivity index (χ2v) is 2.40. The molecule has 45 valence electrons. The standard InChI is InChI=1S/C5H12N.Ru/c1-3-4-5(2)6;/h5H,2-4,6H2,1H3;. The summed E-state index contributed by atoms with van der Waals surface area (Å²) in [7, 11) is 0. The van der Waals surface area contributed by atoms with Crippen molar-refractivity contribution in [1.29, 1.82) is 0 Å². The Morgan fingerprint density at radius 2 is 2.29 bits per heavy atom. The monoisotopic (exact) mass is 188 g/mol. The van der Waals surface area contributed by atoms with Gasteiger partial charge in [-0.25, -0.2) is 0 Å². The molecule has 1 atom stereocenters. The van der Waals surface area contributed by atoms with Gasteiger partial charge in [0, 0.05) is 0 Å². The molecule has 1 unspecified atom stereocenters. The van der Waals surface area contributed by atoms with Crippen LogP contribution in [0.4, 0.5) is 0 Å². The van der Waals surface area contributed by atoms with Gasteiger partial charge in [0.15, 0.2) is 0 Å². The van der Waals surface area contributed by atoms with Crippen LogP contribution in [0.2, 0.25) is 5.02 Å². The van der Waals surface area contributed by atoms with Crippen LogP contribution in [-0.4, -0.2) is 6.04 Å². The van der Waals surface area contributed by atoms with E-state index in [1.807, 2.05) is 0 Å². The maximum atomic E-state index is 5.57. The summed E-state index contributed by atoms with van der Waals surface area (Å²) in [4.78, 5) is 0. The Hall–Kier alpha value is 0.583. The van der Waals surface area contributed by atoms with Crippen molar-refractivity contribution in [2.45, 2.75) is 30.8 Å². The van der Waals surface area contributed by atoms with Gasteiger partial charge in [-0.15, -0.1) is 0 Å². The third-order valence-electron chi connectivity index (χ3n) is 0.845. The van der Waals surface area contributed by atoms with Gasteiger partial charge in [0.2, 0.25) is 0 Å². The number of hydrogen-bond donors (Lipinski definition) is 1. The first-order chi connectivity index (χ1) is 3.31. The van der Waals surface area contributed by atoms with E-state index in [-0.39, 0.29) is 0 Å². The number of hydrogen-bond acceptors (Lipinski definition) is 1. The molecule has 0 bridgehead atoms. The summed E-state index contributed by atoms with van der Waals surface area (Å²) >= 11 is 2.56. The van der Waals surface area contributed by atoms with Gasteiger partial charge in [0.1, 0.15) is 0 Å². The van der Waals surface area contributed by atoms with Crippen molar-refractivity contribution in [3.63, 3.8) is 0 Å². The fourth-order valence-corrected chi connectivity index (χ4v) is 0.798. The van der Waals surface area contributed by atoms with Crippen LogP contribution in [0.25, 0.3) is 0 Å². The fourth-order valence-electron chi connectivity index (χ4n) is 0.443. The summed E-state index contributed by atoms with van der Waals surface area (Å²) in [6.07, 6.45) is 2.37. The topological polar surface area (TPSA) is 26.0 Å². The Morgan fingerprint density at radius 3 is 2.43 bits per heavy atom. The van der Waals surface area contributed by atoms with Gasteiger partial charge in [0.25, 0.3) is 0 Å². The van der Waals surface area contributed by atoms with E-state index in [0.717, 1.165) is 11.4 Å². The summed E-state index contributed by atoms with van der Waals surface area (Å²) < 4.78 is 0.